The Balaban J connectivity index is 1.51. The third kappa shape index (κ3) is 4.88. The molecule has 6 heteroatoms. The topological polar surface area (TPSA) is 51.2 Å². The van der Waals surface area contributed by atoms with Crippen molar-refractivity contribution in [2.75, 3.05) is 44.8 Å². The Kier molecular flexibility index (Phi) is 6.63. The number of ether oxygens (including phenoxy) is 3. The van der Waals surface area contributed by atoms with Crippen LogP contribution in [0.15, 0.2) is 48.5 Å². The summed E-state index contributed by atoms with van der Waals surface area (Å²) in [7, 11) is 1.78. The normalized spacial score (nSPS) is 15.4. The van der Waals surface area contributed by atoms with Gasteiger partial charge < -0.3 is 24.0 Å². The van der Waals surface area contributed by atoms with Gasteiger partial charge in [0.05, 0.1) is 25.4 Å². The molecule has 0 spiro atoms. The van der Waals surface area contributed by atoms with Crippen molar-refractivity contribution >= 4 is 11.6 Å². The zero-order chi connectivity index (χ0) is 19.9. The highest BCUT2D eigenvalue weighted by Crippen LogP contribution is 2.32. The third-order valence-corrected chi connectivity index (χ3v) is 4.71. The van der Waals surface area contributed by atoms with Crippen molar-refractivity contribution < 1.29 is 19.0 Å². The van der Waals surface area contributed by atoms with E-state index in [0.29, 0.717) is 18.9 Å². The van der Waals surface area contributed by atoms with Gasteiger partial charge >= 0.3 is 0 Å². The van der Waals surface area contributed by atoms with Crippen LogP contribution in [-0.4, -0.2) is 56.8 Å². The third-order valence-electron chi connectivity index (χ3n) is 4.71. The number of fused-ring (bicyclic) bond motifs is 1. The Hall–Kier alpha value is -2.89. The van der Waals surface area contributed by atoms with Crippen LogP contribution in [0, 0.1) is 0 Å². The summed E-state index contributed by atoms with van der Waals surface area (Å²) in [5, 5.41) is 0. The highest BCUT2D eigenvalue weighted by atomic mass is 16.5. The number of likely N-dealkylation sites (N-methyl/N-ethyl adjacent to an activating group) is 2. The van der Waals surface area contributed by atoms with Crippen molar-refractivity contribution in [2.24, 2.45) is 0 Å². The number of benzene rings is 2. The van der Waals surface area contributed by atoms with Crippen LogP contribution in [0.4, 0.5) is 5.69 Å². The van der Waals surface area contributed by atoms with Gasteiger partial charge in [0.25, 0.3) is 5.91 Å². The summed E-state index contributed by atoms with van der Waals surface area (Å²) in [6.07, 6.45) is -0.0747. The minimum absolute atomic E-state index is 0.00865. The molecule has 0 radical (unpaired) electrons. The van der Waals surface area contributed by atoms with Gasteiger partial charge in [0.1, 0.15) is 23.4 Å². The fourth-order valence-corrected chi connectivity index (χ4v) is 3.23. The van der Waals surface area contributed by atoms with Gasteiger partial charge in [0.2, 0.25) is 0 Å². The maximum absolute atomic E-state index is 12.5. The lowest BCUT2D eigenvalue weighted by molar-refractivity contribution is -0.133. The first-order chi connectivity index (χ1) is 13.6. The fourth-order valence-electron chi connectivity index (χ4n) is 3.23. The molecular weight excluding hydrogens is 356 g/mol. The molecule has 0 aromatic heterocycles. The molecule has 0 saturated heterocycles. The Morgan fingerprint density at radius 3 is 2.46 bits per heavy atom. The number of rotatable bonds is 8. The summed E-state index contributed by atoms with van der Waals surface area (Å²) < 4.78 is 17.1. The van der Waals surface area contributed by atoms with Gasteiger partial charge in [0, 0.05) is 13.6 Å². The van der Waals surface area contributed by atoms with Crippen molar-refractivity contribution in [3.05, 3.63) is 48.5 Å². The summed E-state index contributed by atoms with van der Waals surface area (Å²) in [6, 6.07) is 15.3. The quantitative estimate of drug-likeness (QED) is 0.700. The van der Waals surface area contributed by atoms with Crippen molar-refractivity contribution in [2.45, 2.75) is 20.0 Å². The maximum atomic E-state index is 12.5. The lowest BCUT2D eigenvalue weighted by Gasteiger charge is -2.37. The Morgan fingerprint density at radius 1 is 1.11 bits per heavy atom. The summed E-state index contributed by atoms with van der Waals surface area (Å²) in [4.78, 5) is 16.4. The van der Waals surface area contributed by atoms with E-state index in [0.717, 1.165) is 30.3 Å². The average Bonchev–Trinajstić information content (AvgIpc) is 2.72. The lowest BCUT2D eigenvalue weighted by Crippen LogP contribution is -2.47. The fraction of sp³-hybridized carbons (Fsp3) is 0.409. The summed E-state index contributed by atoms with van der Waals surface area (Å²) >= 11 is 0. The number of para-hydroxylation sites is 2. The Bertz CT molecular complexity index is 778. The van der Waals surface area contributed by atoms with Crippen LogP contribution in [0.3, 0.4) is 0 Å². The van der Waals surface area contributed by atoms with Gasteiger partial charge in [0.15, 0.2) is 6.61 Å². The molecule has 3 rings (SSSR count). The molecule has 150 valence electrons. The van der Waals surface area contributed by atoms with Gasteiger partial charge in [-0.25, -0.2) is 0 Å². The van der Waals surface area contributed by atoms with Crippen molar-refractivity contribution in [3.8, 4) is 17.2 Å². The largest absolute Gasteiger partial charge is 0.494 e. The van der Waals surface area contributed by atoms with E-state index in [4.69, 9.17) is 14.2 Å². The van der Waals surface area contributed by atoms with E-state index in [1.165, 1.54) is 0 Å². The first-order valence-corrected chi connectivity index (χ1v) is 9.71. The Morgan fingerprint density at radius 2 is 1.79 bits per heavy atom. The van der Waals surface area contributed by atoms with Crippen LogP contribution in [0.1, 0.15) is 13.8 Å². The molecule has 0 bridgehead atoms. The number of amides is 1. The molecule has 0 unspecified atom stereocenters. The summed E-state index contributed by atoms with van der Waals surface area (Å²) in [6.45, 7) is 6.83. The van der Waals surface area contributed by atoms with E-state index in [1.54, 1.807) is 24.1 Å². The van der Waals surface area contributed by atoms with Crippen LogP contribution < -0.4 is 19.1 Å². The average molecular weight is 384 g/mol. The SMILES string of the molecule is CCOc1ccc(OCC(=O)N(C)C[C@@H]2CN(CC)c3ccccc3O2)cc1. The second kappa shape index (κ2) is 9.35. The predicted molar refractivity (Wildman–Crippen MR) is 109 cm³/mol. The number of carbonyl (C=O) groups excluding carboxylic acids is 1. The Labute approximate surface area is 166 Å². The minimum Gasteiger partial charge on any atom is -0.494 e. The number of carbonyl (C=O) groups is 1. The molecule has 0 aliphatic carbocycles. The van der Waals surface area contributed by atoms with Gasteiger partial charge in [-0.1, -0.05) is 12.1 Å². The van der Waals surface area contributed by atoms with Crippen molar-refractivity contribution in [3.63, 3.8) is 0 Å². The number of hydrogen-bond acceptors (Lipinski definition) is 5. The van der Waals surface area contributed by atoms with Gasteiger partial charge in [-0.2, -0.15) is 0 Å². The lowest BCUT2D eigenvalue weighted by atomic mass is 10.2. The zero-order valence-electron chi connectivity index (χ0n) is 16.8. The van der Waals surface area contributed by atoms with E-state index in [2.05, 4.69) is 17.9 Å². The zero-order valence-corrected chi connectivity index (χ0v) is 16.8. The monoisotopic (exact) mass is 384 g/mol. The van der Waals surface area contributed by atoms with Crippen LogP contribution in [0.25, 0.3) is 0 Å². The molecule has 0 N–H and O–H groups in total. The molecule has 1 amide bonds. The molecule has 6 nitrogen and oxygen atoms in total. The van der Waals surface area contributed by atoms with E-state index < -0.39 is 0 Å². The first-order valence-electron chi connectivity index (χ1n) is 9.71. The second-order valence-electron chi connectivity index (χ2n) is 6.71. The highest BCUT2D eigenvalue weighted by molar-refractivity contribution is 5.77. The molecule has 1 aliphatic rings. The molecule has 1 heterocycles. The molecule has 1 aliphatic heterocycles. The number of nitrogens with zero attached hydrogens (tertiary/aromatic N) is 2. The van der Waals surface area contributed by atoms with Crippen LogP contribution >= 0.6 is 0 Å². The molecule has 0 saturated carbocycles. The predicted octanol–water partition coefficient (Wildman–Crippen LogP) is 3.21. The van der Waals surface area contributed by atoms with Crippen molar-refractivity contribution in [1.82, 2.24) is 4.90 Å². The summed E-state index contributed by atoms with van der Waals surface area (Å²) in [5.74, 6) is 2.21. The highest BCUT2D eigenvalue weighted by Gasteiger charge is 2.26. The summed E-state index contributed by atoms with van der Waals surface area (Å²) in [5.41, 5.74) is 1.11. The second-order valence-corrected chi connectivity index (χ2v) is 6.71. The van der Waals surface area contributed by atoms with Crippen LogP contribution in [0.2, 0.25) is 0 Å². The van der Waals surface area contributed by atoms with E-state index in [-0.39, 0.29) is 18.6 Å². The standard InChI is InChI=1S/C22H28N2O4/c1-4-24-15-19(28-21-9-7-6-8-20(21)24)14-23(3)22(25)16-27-18-12-10-17(11-13-18)26-5-2/h6-13,19H,4-5,14-16H2,1-3H3/t19-/m1/s1. The smallest absolute Gasteiger partial charge is 0.260 e. The maximum Gasteiger partial charge on any atom is 0.260 e. The van der Waals surface area contributed by atoms with Gasteiger partial charge in [-0.05, 0) is 50.2 Å². The van der Waals surface area contributed by atoms with Gasteiger partial charge in [-0.15, -0.1) is 0 Å². The molecular formula is C22H28N2O4. The molecule has 2 aromatic carbocycles. The minimum atomic E-state index is -0.0839. The molecule has 0 fully saturated rings. The molecule has 2 aromatic rings. The van der Waals surface area contributed by atoms with Gasteiger partial charge in [-0.3, -0.25) is 4.79 Å². The molecule has 1 atom stereocenters. The van der Waals surface area contributed by atoms with E-state index >= 15 is 0 Å². The van der Waals surface area contributed by atoms with Crippen LogP contribution in [-0.2, 0) is 4.79 Å². The molecule has 28 heavy (non-hydrogen) atoms. The van der Waals surface area contributed by atoms with E-state index in [1.807, 2.05) is 37.3 Å². The van der Waals surface area contributed by atoms with E-state index in [9.17, 15) is 4.79 Å². The van der Waals surface area contributed by atoms with Crippen molar-refractivity contribution in [1.29, 1.82) is 0 Å². The number of hydrogen-bond donors (Lipinski definition) is 0. The number of anilines is 1. The first kappa shape index (κ1) is 19.9. The van der Waals surface area contributed by atoms with Crippen LogP contribution in [0.5, 0.6) is 17.2 Å².